The van der Waals surface area contributed by atoms with Crippen molar-refractivity contribution in [3.8, 4) is 5.75 Å². The molecule has 11 heteroatoms. The minimum atomic E-state index is -0.983. The van der Waals surface area contributed by atoms with Crippen molar-refractivity contribution < 1.29 is 27.5 Å². The SMILES string of the molecule is O=C(CCCC1(NC(=O)COc2ccc(Cl)c(F)c2)CCCCC1)NCc1nc2cc(F)c(F)cc2[nH]1. The number of benzene rings is 2. The molecule has 1 heterocycles. The molecule has 4 rings (SSSR count). The van der Waals surface area contributed by atoms with Crippen molar-refractivity contribution in [2.45, 2.75) is 63.5 Å². The fraction of sp³-hybridized carbons (Fsp3) is 0.423. The van der Waals surface area contributed by atoms with E-state index in [2.05, 4.69) is 20.6 Å². The minimum absolute atomic E-state index is 0.0228. The number of ether oxygens (including phenoxy) is 1. The monoisotopic (exact) mass is 536 g/mol. The molecule has 0 bridgehead atoms. The van der Waals surface area contributed by atoms with Gasteiger partial charge in [0.1, 0.15) is 17.4 Å². The highest BCUT2D eigenvalue weighted by Gasteiger charge is 2.33. The number of nitrogens with zero attached hydrogens (tertiary/aromatic N) is 1. The number of halogens is 4. The molecule has 2 aromatic carbocycles. The Bertz CT molecular complexity index is 1240. The van der Waals surface area contributed by atoms with Crippen LogP contribution in [0.25, 0.3) is 11.0 Å². The molecular weight excluding hydrogens is 509 g/mol. The van der Waals surface area contributed by atoms with Gasteiger partial charge >= 0.3 is 0 Å². The predicted octanol–water partition coefficient (Wildman–Crippen LogP) is 5.32. The van der Waals surface area contributed by atoms with Gasteiger partial charge in [-0.1, -0.05) is 30.9 Å². The lowest BCUT2D eigenvalue weighted by atomic mass is 9.78. The third-order valence-corrected chi connectivity index (χ3v) is 6.87. The van der Waals surface area contributed by atoms with Crippen LogP contribution in [0.3, 0.4) is 0 Å². The quantitative estimate of drug-likeness (QED) is 0.327. The number of hydrogen-bond acceptors (Lipinski definition) is 4. The lowest BCUT2D eigenvalue weighted by Crippen LogP contribution is -2.51. The van der Waals surface area contributed by atoms with Gasteiger partial charge in [0.2, 0.25) is 5.91 Å². The fourth-order valence-corrected chi connectivity index (χ4v) is 4.83. The van der Waals surface area contributed by atoms with E-state index < -0.39 is 23.0 Å². The van der Waals surface area contributed by atoms with E-state index in [9.17, 15) is 22.8 Å². The number of carbonyl (C=O) groups excluding carboxylic acids is 2. The van der Waals surface area contributed by atoms with Gasteiger partial charge in [0, 0.05) is 30.2 Å². The minimum Gasteiger partial charge on any atom is -0.484 e. The standard InChI is InChI=1S/C26H28ClF3N4O3/c27-17-7-6-16(11-18(17)28)37-15-25(36)34-26(8-2-1-3-9-26)10-4-5-24(35)31-14-23-32-21-12-19(29)20(30)13-22(21)33-23/h6-7,11-13H,1-5,8-10,14-15H2,(H,31,35)(H,32,33)(H,34,36). The molecule has 0 spiro atoms. The summed E-state index contributed by atoms with van der Waals surface area (Å²) >= 11 is 5.67. The number of rotatable bonds is 10. The Labute approximate surface area is 217 Å². The average molecular weight is 537 g/mol. The number of imidazole rings is 1. The highest BCUT2D eigenvalue weighted by atomic mass is 35.5. The van der Waals surface area contributed by atoms with Crippen LogP contribution in [0.2, 0.25) is 5.02 Å². The summed E-state index contributed by atoms with van der Waals surface area (Å²) in [5.74, 6) is -2.46. The van der Waals surface area contributed by atoms with E-state index in [0.29, 0.717) is 24.2 Å². The lowest BCUT2D eigenvalue weighted by molar-refractivity contribution is -0.125. The topological polar surface area (TPSA) is 96.1 Å². The highest BCUT2D eigenvalue weighted by molar-refractivity contribution is 6.30. The number of hydrogen-bond donors (Lipinski definition) is 3. The largest absolute Gasteiger partial charge is 0.484 e. The molecule has 2 amide bonds. The Hall–Kier alpha value is -3.27. The summed E-state index contributed by atoms with van der Waals surface area (Å²) in [4.78, 5) is 32.1. The van der Waals surface area contributed by atoms with Gasteiger partial charge in [-0.25, -0.2) is 18.2 Å². The van der Waals surface area contributed by atoms with E-state index in [1.807, 2.05) is 0 Å². The van der Waals surface area contributed by atoms with Gasteiger partial charge in [-0.3, -0.25) is 9.59 Å². The van der Waals surface area contributed by atoms with E-state index in [0.717, 1.165) is 50.3 Å². The normalized spacial score (nSPS) is 14.9. The fourth-order valence-electron chi connectivity index (χ4n) is 4.71. The Kier molecular flexibility index (Phi) is 8.58. The molecule has 1 fully saturated rings. The van der Waals surface area contributed by atoms with Gasteiger partial charge < -0.3 is 20.4 Å². The molecule has 3 aromatic rings. The van der Waals surface area contributed by atoms with Crippen LogP contribution in [0.5, 0.6) is 5.75 Å². The number of nitrogens with one attached hydrogen (secondary N) is 3. The maximum Gasteiger partial charge on any atom is 0.258 e. The molecule has 0 aliphatic heterocycles. The highest BCUT2D eigenvalue weighted by Crippen LogP contribution is 2.32. The smallest absolute Gasteiger partial charge is 0.258 e. The molecule has 1 saturated carbocycles. The molecule has 1 aliphatic carbocycles. The third-order valence-electron chi connectivity index (χ3n) is 6.56. The van der Waals surface area contributed by atoms with Crippen LogP contribution in [0.4, 0.5) is 13.2 Å². The molecule has 3 N–H and O–H groups in total. The number of carbonyl (C=O) groups is 2. The summed E-state index contributed by atoms with van der Waals surface area (Å²) in [6.07, 6.45) is 6.10. The van der Waals surface area contributed by atoms with E-state index in [4.69, 9.17) is 16.3 Å². The Morgan fingerprint density at radius 1 is 1.03 bits per heavy atom. The number of fused-ring (bicyclic) bond motifs is 1. The molecule has 1 aromatic heterocycles. The van der Waals surface area contributed by atoms with Gasteiger partial charge in [0.25, 0.3) is 5.91 Å². The van der Waals surface area contributed by atoms with Gasteiger partial charge in [-0.15, -0.1) is 0 Å². The van der Waals surface area contributed by atoms with E-state index in [1.54, 1.807) is 0 Å². The van der Waals surface area contributed by atoms with Gasteiger partial charge in [-0.2, -0.15) is 0 Å². The van der Waals surface area contributed by atoms with Crippen LogP contribution in [0, 0.1) is 17.5 Å². The molecule has 0 saturated heterocycles. The zero-order valence-corrected chi connectivity index (χ0v) is 20.9. The zero-order chi connectivity index (χ0) is 26.4. The van der Waals surface area contributed by atoms with Crippen LogP contribution >= 0.6 is 11.6 Å². The number of H-pyrrole nitrogens is 1. The first kappa shape index (κ1) is 26.8. The Morgan fingerprint density at radius 2 is 1.78 bits per heavy atom. The van der Waals surface area contributed by atoms with Crippen molar-refractivity contribution in [2.75, 3.05) is 6.61 Å². The van der Waals surface area contributed by atoms with Crippen molar-refractivity contribution in [3.05, 3.63) is 58.6 Å². The lowest BCUT2D eigenvalue weighted by Gasteiger charge is -2.38. The van der Waals surface area contributed by atoms with Crippen molar-refractivity contribution >= 4 is 34.4 Å². The number of amides is 2. The summed E-state index contributed by atoms with van der Waals surface area (Å²) in [6.45, 7) is -0.157. The van der Waals surface area contributed by atoms with Crippen LogP contribution in [0.1, 0.15) is 57.2 Å². The van der Waals surface area contributed by atoms with Gasteiger partial charge in [0.15, 0.2) is 18.2 Å². The number of aromatic amines is 1. The van der Waals surface area contributed by atoms with E-state index >= 15 is 0 Å². The summed E-state index contributed by atoms with van der Waals surface area (Å²) in [7, 11) is 0. The predicted molar refractivity (Wildman–Crippen MR) is 133 cm³/mol. The van der Waals surface area contributed by atoms with Crippen molar-refractivity contribution in [1.29, 1.82) is 0 Å². The first-order chi connectivity index (χ1) is 17.7. The van der Waals surface area contributed by atoms with Crippen molar-refractivity contribution in [1.82, 2.24) is 20.6 Å². The van der Waals surface area contributed by atoms with Crippen LogP contribution in [0.15, 0.2) is 30.3 Å². The molecule has 37 heavy (non-hydrogen) atoms. The van der Waals surface area contributed by atoms with E-state index in [1.165, 1.54) is 12.1 Å². The van der Waals surface area contributed by atoms with Gasteiger partial charge in [0.05, 0.1) is 22.6 Å². The van der Waals surface area contributed by atoms with Crippen molar-refractivity contribution in [3.63, 3.8) is 0 Å². The molecule has 7 nitrogen and oxygen atoms in total. The van der Waals surface area contributed by atoms with E-state index in [-0.39, 0.29) is 47.7 Å². The van der Waals surface area contributed by atoms with Crippen LogP contribution < -0.4 is 15.4 Å². The average Bonchev–Trinajstić information content (AvgIpc) is 3.25. The second-order valence-electron chi connectivity index (χ2n) is 9.35. The summed E-state index contributed by atoms with van der Waals surface area (Å²) < 4.78 is 45.8. The van der Waals surface area contributed by atoms with Crippen LogP contribution in [-0.2, 0) is 16.1 Å². The molecule has 198 valence electrons. The Morgan fingerprint density at radius 3 is 2.54 bits per heavy atom. The zero-order valence-electron chi connectivity index (χ0n) is 20.1. The Balaban J connectivity index is 1.25. The molecular formula is C26H28ClF3N4O3. The second kappa shape index (κ2) is 11.9. The third kappa shape index (κ3) is 7.15. The van der Waals surface area contributed by atoms with Crippen LogP contribution in [-0.4, -0.2) is 33.9 Å². The second-order valence-corrected chi connectivity index (χ2v) is 9.76. The summed E-state index contributed by atoms with van der Waals surface area (Å²) in [5, 5.41) is 5.83. The van der Waals surface area contributed by atoms with Gasteiger partial charge in [-0.05, 0) is 37.8 Å². The maximum atomic E-state index is 13.6. The molecule has 0 radical (unpaired) electrons. The van der Waals surface area contributed by atoms with Crippen molar-refractivity contribution in [2.24, 2.45) is 0 Å². The first-order valence-corrected chi connectivity index (χ1v) is 12.6. The first-order valence-electron chi connectivity index (χ1n) is 12.2. The molecule has 0 atom stereocenters. The number of aromatic nitrogens is 2. The summed E-state index contributed by atoms with van der Waals surface area (Å²) in [5.41, 5.74) is 0.212. The summed E-state index contributed by atoms with van der Waals surface area (Å²) in [6, 6.07) is 6.02. The molecule has 1 aliphatic rings. The maximum absolute atomic E-state index is 13.6. The molecule has 0 unspecified atom stereocenters.